The summed E-state index contributed by atoms with van der Waals surface area (Å²) in [4.78, 5) is 0. The molecule has 3 N–H and O–H groups in total. The molecule has 0 aliphatic rings. The second-order valence-electron chi connectivity index (χ2n) is 4.63. The zero-order valence-corrected chi connectivity index (χ0v) is 13.4. The molecule has 0 radical (unpaired) electrons. The number of hydrazine groups is 1. The van der Waals surface area contributed by atoms with E-state index in [9.17, 15) is 4.39 Å². The minimum Gasteiger partial charge on any atom is -0.494 e. The van der Waals surface area contributed by atoms with Gasteiger partial charge >= 0.3 is 0 Å². The van der Waals surface area contributed by atoms with Gasteiger partial charge in [0, 0.05) is 10.0 Å². The van der Waals surface area contributed by atoms with Crippen LogP contribution >= 0.6 is 15.9 Å². The maximum Gasteiger partial charge on any atom is 0.126 e. The maximum atomic E-state index is 13.9. The van der Waals surface area contributed by atoms with Gasteiger partial charge in [-0.1, -0.05) is 34.1 Å². The largest absolute Gasteiger partial charge is 0.494 e. The number of hydrogen-bond donors (Lipinski definition) is 2. The van der Waals surface area contributed by atoms with Crippen molar-refractivity contribution in [2.75, 3.05) is 6.61 Å². The van der Waals surface area contributed by atoms with Crippen molar-refractivity contribution in [1.82, 2.24) is 5.43 Å². The van der Waals surface area contributed by atoms with E-state index in [0.717, 1.165) is 15.8 Å². The first kappa shape index (κ1) is 15.9. The van der Waals surface area contributed by atoms with Gasteiger partial charge in [-0.2, -0.15) is 0 Å². The number of halogens is 2. The van der Waals surface area contributed by atoms with Crippen LogP contribution in [0.4, 0.5) is 4.39 Å². The van der Waals surface area contributed by atoms with Gasteiger partial charge < -0.3 is 4.74 Å². The van der Waals surface area contributed by atoms with Crippen LogP contribution in [0.3, 0.4) is 0 Å². The molecule has 0 amide bonds. The molecule has 2 rings (SSSR count). The molecular formula is C16H18BrFN2O. The third-order valence-corrected chi connectivity index (χ3v) is 3.72. The van der Waals surface area contributed by atoms with Gasteiger partial charge in [-0.15, -0.1) is 0 Å². The highest BCUT2D eigenvalue weighted by Crippen LogP contribution is 2.28. The number of rotatable bonds is 6. The highest BCUT2D eigenvalue weighted by molar-refractivity contribution is 9.10. The van der Waals surface area contributed by atoms with Crippen LogP contribution in [0.25, 0.3) is 0 Å². The van der Waals surface area contributed by atoms with Crippen molar-refractivity contribution in [1.29, 1.82) is 0 Å². The molecule has 0 fully saturated rings. The van der Waals surface area contributed by atoms with E-state index in [1.807, 2.05) is 31.2 Å². The van der Waals surface area contributed by atoms with Crippen LogP contribution in [0.15, 0.2) is 46.9 Å². The molecule has 0 aliphatic heterocycles. The van der Waals surface area contributed by atoms with Crippen molar-refractivity contribution in [2.24, 2.45) is 5.84 Å². The van der Waals surface area contributed by atoms with E-state index in [-0.39, 0.29) is 11.9 Å². The molecule has 0 saturated heterocycles. The average Bonchev–Trinajstić information content (AvgIpc) is 2.49. The maximum absolute atomic E-state index is 13.9. The first-order valence-electron chi connectivity index (χ1n) is 6.77. The molecule has 1 atom stereocenters. The number of nitrogens with two attached hydrogens (primary N) is 1. The molecule has 112 valence electrons. The molecule has 2 aromatic carbocycles. The number of benzene rings is 2. The van der Waals surface area contributed by atoms with Crippen LogP contribution in [0.2, 0.25) is 0 Å². The summed E-state index contributed by atoms with van der Waals surface area (Å²) in [7, 11) is 0. The standard InChI is InChI=1S/C16H18BrFN2O/c1-2-21-16-6-4-3-5-13(16)15(20-19)10-11-9-12(17)7-8-14(11)18/h3-9,15,20H,2,10,19H2,1H3. The first-order chi connectivity index (χ1) is 10.2. The molecule has 21 heavy (non-hydrogen) atoms. The van der Waals surface area contributed by atoms with Gasteiger partial charge in [-0.25, -0.2) is 4.39 Å². The van der Waals surface area contributed by atoms with E-state index in [1.165, 1.54) is 6.07 Å². The van der Waals surface area contributed by atoms with Crippen LogP contribution in [0.1, 0.15) is 24.1 Å². The summed E-state index contributed by atoms with van der Waals surface area (Å²) in [6.07, 6.45) is 0.436. The Morgan fingerprint density at radius 3 is 2.76 bits per heavy atom. The molecule has 0 aliphatic carbocycles. The van der Waals surface area contributed by atoms with Crippen molar-refractivity contribution >= 4 is 15.9 Å². The van der Waals surface area contributed by atoms with E-state index in [4.69, 9.17) is 10.6 Å². The smallest absolute Gasteiger partial charge is 0.126 e. The van der Waals surface area contributed by atoms with Crippen molar-refractivity contribution in [3.63, 3.8) is 0 Å². The second-order valence-corrected chi connectivity index (χ2v) is 5.55. The van der Waals surface area contributed by atoms with Gasteiger partial charge in [0.1, 0.15) is 11.6 Å². The minimum absolute atomic E-state index is 0.225. The van der Waals surface area contributed by atoms with Crippen LogP contribution in [-0.2, 0) is 6.42 Å². The third kappa shape index (κ3) is 4.03. The average molecular weight is 353 g/mol. The fourth-order valence-electron chi connectivity index (χ4n) is 2.23. The monoisotopic (exact) mass is 352 g/mol. The molecule has 0 spiro atoms. The first-order valence-corrected chi connectivity index (χ1v) is 7.56. The molecule has 3 nitrogen and oxygen atoms in total. The molecule has 0 bridgehead atoms. The Bertz CT molecular complexity index is 607. The van der Waals surface area contributed by atoms with E-state index < -0.39 is 0 Å². The van der Waals surface area contributed by atoms with E-state index >= 15 is 0 Å². The fourth-order valence-corrected chi connectivity index (χ4v) is 2.64. The highest BCUT2D eigenvalue weighted by atomic mass is 79.9. The van der Waals surface area contributed by atoms with E-state index in [2.05, 4.69) is 21.4 Å². The molecule has 0 heterocycles. The summed E-state index contributed by atoms with van der Waals surface area (Å²) in [5, 5.41) is 0. The molecule has 0 saturated carbocycles. The molecular weight excluding hydrogens is 335 g/mol. The minimum atomic E-state index is -0.243. The molecule has 1 unspecified atom stereocenters. The van der Waals surface area contributed by atoms with Gasteiger partial charge in [0.15, 0.2) is 0 Å². The number of nitrogens with one attached hydrogen (secondary N) is 1. The summed E-state index contributed by atoms with van der Waals surface area (Å²) in [6, 6.07) is 12.3. The summed E-state index contributed by atoms with van der Waals surface area (Å²) in [5.74, 6) is 6.19. The van der Waals surface area contributed by atoms with Gasteiger partial charge in [0.2, 0.25) is 0 Å². The lowest BCUT2D eigenvalue weighted by molar-refractivity contribution is 0.331. The van der Waals surface area contributed by atoms with E-state index in [0.29, 0.717) is 18.6 Å². The van der Waals surface area contributed by atoms with Crippen molar-refractivity contribution in [3.05, 3.63) is 63.9 Å². The normalized spacial score (nSPS) is 12.2. The van der Waals surface area contributed by atoms with Crippen molar-refractivity contribution in [2.45, 2.75) is 19.4 Å². The lowest BCUT2D eigenvalue weighted by Gasteiger charge is -2.20. The fraction of sp³-hybridized carbons (Fsp3) is 0.250. The quantitative estimate of drug-likeness (QED) is 0.615. The number of hydrogen-bond acceptors (Lipinski definition) is 3. The number of ether oxygens (including phenoxy) is 1. The summed E-state index contributed by atoms with van der Waals surface area (Å²) < 4.78 is 20.4. The van der Waals surface area contributed by atoms with Crippen molar-refractivity contribution in [3.8, 4) is 5.75 Å². The summed E-state index contributed by atoms with van der Waals surface area (Å²) in [5.41, 5.74) is 4.26. The Kier molecular flexibility index (Phi) is 5.73. The summed E-state index contributed by atoms with van der Waals surface area (Å²) >= 11 is 3.36. The van der Waals surface area contributed by atoms with Crippen LogP contribution in [-0.4, -0.2) is 6.61 Å². The predicted octanol–water partition coefficient (Wildman–Crippen LogP) is 3.73. The lowest BCUT2D eigenvalue weighted by atomic mass is 9.98. The predicted molar refractivity (Wildman–Crippen MR) is 85.5 cm³/mol. The highest BCUT2D eigenvalue weighted by Gasteiger charge is 2.17. The van der Waals surface area contributed by atoms with Crippen molar-refractivity contribution < 1.29 is 9.13 Å². The van der Waals surface area contributed by atoms with Gasteiger partial charge in [0.25, 0.3) is 0 Å². The SMILES string of the molecule is CCOc1ccccc1C(Cc1cc(Br)ccc1F)NN. The van der Waals surface area contributed by atoms with Gasteiger partial charge in [-0.3, -0.25) is 11.3 Å². The Morgan fingerprint density at radius 2 is 2.05 bits per heavy atom. The molecule has 2 aromatic rings. The Morgan fingerprint density at radius 1 is 1.29 bits per heavy atom. The lowest BCUT2D eigenvalue weighted by Crippen LogP contribution is -2.30. The van der Waals surface area contributed by atoms with Gasteiger partial charge in [0.05, 0.1) is 12.6 Å². The number of para-hydroxylation sites is 1. The Hall–Kier alpha value is -1.43. The van der Waals surface area contributed by atoms with Crippen LogP contribution in [0.5, 0.6) is 5.75 Å². The van der Waals surface area contributed by atoms with Gasteiger partial charge in [-0.05, 0) is 43.2 Å². The Balaban J connectivity index is 2.30. The third-order valence-electron chi connectivity index (χ3n) is 3.23. The molecule has 5 heteroatoms. The summed E-state index contributed by atoms with van der Waals surface area (Å²) in [6.45, 7) is 2.50. The topological polar surface area (TPSA) is 47.3 Å². The Labute approximate surface area is 132 Å². The molecule has 0 aromatic heterocycles. The second kappa shape index (κ2) is 7.54. The van der Waals surface area contributed by atoms with Crippen LogP contribution in [0, 0.1) is 5.82 Å². The van der Waals surface area contributed by atoms with Crippen LogP contribution < -0.4 is 16.0 Å². The zero-order chi connectivity index (χ0) is 15.2. The zero-order valence-electron chi connectivity index (χ0n) is 11.8. The van der Waals surface area contributed by atoms with E-state index in [1.54, 1.807) is 12.1 Å².